The molecule has 0 fully saturated rings. The molecule has 1 aromatic heterocycles. The van der Waals surface area contributed by atoms with Gasteiger partial charge in [-0.1, -0.05) is 6.07 Å². The zero-order valence-corrected chi connectivity index (χ0v) is 13.7. The molecule has 1 aliphatic heterocycles. The number of hydrogen-bond acceptors (Lipinski definition) is 2. The molecule has 4 rings (SSSR count). The zero-order valence-electron chi connectivity index (χ0n) is 13.7. The summed E-state index contributed by atoms with van der Waals surface area (Å²) in [5.74, 6) is -0.212. The van der Waals surface area contributed by atoms with Gasteiger partial charge in [-0.2, -0.15) is 5.10 Å². The highest BCUT2D eigenvalue weighted by molar-refractivity contribution is 5.75. The first kappa shape index (κ1) is 15.2. The summed E-state index contributed by atoms with van der Waals surface area (Å²) >= 11 is 0. The largest absolute Gasteiger partial charge is 0.335 e. The number of hydrogen-bond donors (Lipinski definition) is 2. The second-order valence-corrected chi connectivity index (χ2v) is 6.73. The molecule has 1 aliphatic carbocycles. The van der Waals surface area contributed by atoms with Crippen LogP contribution in [0, 0.1) is 5.82 Å². The molecule has 2 atom stereocenters. The van der Waals surface area contributed by atoms with Crippen LogP contribution in [-0.4, -0.2) is 33.7 Å². The topological polar surface area (TPSA) is 61.0 Å². The Hall–Kier alpha value is -2.37. The van der Waals surface area contributed by atoms with Crippen LogP contribution in [0.15, 0.2) is 24.4 Å². The van der Waals surface area contributed by atoms with Gasteiger partial charge in [-0.3, -0.25) is 5.10 Å². The van der Waals surface area contributed by atoms with E-state index < -0.39 is 0 Å². The smallest absolute Gasteiger partial charge is 0.318 e. The first-order valence-corrected chi connectivity index (χ1v) is 8.48. The van der Waals surface area contributed by atoms with E-state index >= 15 is 0 Å². The lowest BCUT2D eigenvalue weighted by atomic mass is 9.93. The third-order valence-corrected chi connectivity index (χ3v) is 5.25. The Kier molecular flexibility index (Phi) is 3.75. The monoisotopic (exact) mass is 328 g/mol. The molecule has 24 heavy (non-hydrogen) atoms. The van der Waals surface area contributed by atoms with E-state index in [4.69, 9.17) is 0 Å². The number of carbonyl (C=O) groups excluding carboxylic acids is 1. The third-order valence-electron chi connectivity index (χ3n) is 5.25. The number of aromatic nitrogens is 2. The molecule has 2 aliphatic rings. The Bertz CT molecular complexity index is 772. The first-order valence-electron chi connectivity index (χ1n) is 8.48. The van der Waals surface area contributed by atoms with E-state index in [9.17, 15) is 9.18 Å². The molecule has 2 unspecified atom stereocenters. The van der Waals surface area contributed by atoms with E-state index in [-0.39, 0.29) is 23.9 Å². The Morgan fingerprint density at radius 1 is 1.38 bits per heavy atom. The van der Waals surface area contributed by atoms with Gasteiger partial charge in [0.2, 0.25) is 0 Å². The van der Waals surface area contributed by atoms with E-state index in [1.165, 1.54) is 11.6 Å². The lowest BCUT2D eigenvalue weighted by Gasteiger charge is -2.36. The van der Waals surface area contributed by atoms with Crippen LogP contribution in [-0.2, 0) is 19.3 Å². The maximum atomic E-state index is 13.4. The van der Waals surface area contributed by atoms with Gasteiger partial charge in [-0.25, -0.2) is 9.18 Å². The maximum absolute atomic E-state index is 13.4. The van der Waals surface area contributed by atoms with Gasteiger partial charge < -0.3 is 10.2 Å². The molecule has 2 aromatic rings. The predicted molar refractivity (Wildman–Crippen MR) is 88.2 cm³/mol. The number of nitrogens with zero attached hydrogens (tertiary/aromatic N) is 2. The van der Waals surface area contributed by atoms with Crippen molar-refractivity contribution in [2.75, 3.05) is 6.54 Å². The predicted octanol–water partition coefficient (Wildman–Crippen LogP) is 2.74. The van der Waals surface area contributed by atoms with Crippen molar-refractivity contribution in [1.82, 2.24) is 20.4 Å². The Labute approximate surface area is 140 Å². The number of aromatic amines is 1. The van der Waals surface area contributed by atoms with Gasteiger partial charge in [0.15, 0.2) is 0 Å². The quantitative estimate of drug-likeness (QED) is 0.845. The summed E-state index contributed by atoms with van der Waals surface area (Å²) in [5, 5.41) is 10.2. The molecule has 2 N–H and O–H groups in total. The summed E-state index contributed by atoms with van der Waals surface area (Å²) in [6.45, 7) is 2.62. The van der Waals surface area contributed by atoms with Gasteiger partial charge in [0.25, 0.3) is 0 Å². The molecule has 5 nitrogen and oxygen atoms in total. The SMILES string of the molecule is CC1c2ccc(F)cc2CCN1C(=O)NC1CCc2cn[nH]c2C1. The van der Waals surface area contributed by atoms with Crippen molar-refractivity contribution in [1.29, 1.82) is 0 Å². The summed E-state index contributed by atoms with van der Waals surface area (Å²) in [7, 11) is 0. The molecule has 126 valence electrons. The Morgan fingerprint density at radius 3 is 3.12 bits per heavy atom. The molecular formula is C18H21FN4O. The van der Waals surface area contributed by atoms with E-state index in [0.29, 0.717) is 13.0 Å². The van der Waals surface area contributed by atoms with Crippen molar-refractivity contribution in [2.24, 2.45) is 0 Å². The van der Waals surface area contributed by atoms with Crippen molar-refractivity contribution in [3.8, 4) is 0 Å². The van der Waals surface area contributed by atoms with Crippen LogP contribution in [0.4, 0.5) is 9.18 Å². The number of nitrogens with one attached hydrogen (secondary N) is 2. The van der Waals surface area contributed by atoms with Gasteiger partial charge >= 0.3 is 6.03 Å². The number of amides is 2. The summed E-state index contributed by atoms with van der Waals surface area (Å²) in [6, 6.07) is 4.91. The van der Waals surface area contributed by atoms with E-state index in [1.54, 1.807) is 12.1 Å². The Morgan fingerprint density at radius 2 is 2.25 bits per heavy atom. The van der Waals surface area contributed by atoms with Gasteiger partial charge in [-0.15, -0.1) is 0 Å². The van der Waals surface area contributed by atoms with Crippen LogP contribution in [0.3, 0.4) is 0 Å². The number of fused-ring (bicyclic) bond motifs is 2. The molecule has 0 saturated carbocycles. The molecular weight excluding hydrogens is 307 g/mol. The normalized spacial score (nSPS) is 22.7. The van der Waals surface area contributed by atoms with Crippen molar-refractivity contribution >= 4 is 6.03 Å². The molecule has 0 saturated heterocycles. The van der Waals surface area contributed by atoms with E-state index in [2.05, 4.69) is 15.5 Å². The minimum atomic E-state index is -0.212. The average molecular weight is 328 g/mol. The molecule has 6 heteroatoms. The highest BCUT2D eigenvalue weighted by Gasteiger charge is 2.30. The standard InChI is InChI=1S/C18H21FN4O/c1-11-16-5-3-14(19)8-12(16)6-7-23(11)18(24)21-15-4-2-13-10-20-22-17(13)9-15/h3,5,8,10-11,15H,2,4,6-7,9H2,1H3,(H,20,22)(H,21,24). The maximum Gasteiger partial charge on any atom is 0.318 e. The highest BCUT2D eigenvalue weighted by Crippen LogP contribution is 2.30. The number of rotatable bonds is 1. The fourth-order valence-corrected chi connectivity index (χ4v) is 3.87. The number of urea groups is 1. The molecule has 2 heterocycles. The van der Waals surface area contributed by atoms with Gasteiger partial charge in [0.1, 0.15) is 5.82 Å². The van der Waals surface area contributed by atoms with Crippen molar-refractivity contribution in [2.45, 2.75) is 44.7 Å². The van der Waals surface area contributed by atoms with Crippen LogP contribution in [0.5, 0.6) is 0 Å². The second-order valence-electron chi connectivity index (χ2n) is 6.73. The molecule has 0 spiro atoms. The molecule has 0 radical (unpaired) electrons. The number of aryl methyl sites for hydroxylation is 1. The minimum absolute atomic E-state index is 0.0366. The zero-order chi connectivity index (χ0) is 16.7. The second kappa shape index (κ2) is 5.92. The molecule has 1 aromatic carbocycles. The van der Waals surface area contributed by atoms with Crippen LogP contribution >= 0.6 is 0 Å². The van der Waals surface area contributed by atoms with Crippen LogP contribution < -0.4 is 5.32 Å². The van der Waals surface area contributed by atoms with Crippen LogP contribution in [0.25, 0.3) is 0 Å². The third kappa shape index (κ3) is 2.66. The van der Waals surface area contributed by atoms with E-state index in [1.807, 2.05) is 18.0 Å². The lowest BCUT2D eigenvalue weighted by Crippen LogP contribution is -2.49. The van der Waals surface area contributed by atoms with Gasteiger partial charge in [0.05, 0.1) is 12.2 Å². The van der Waals surface area contributed by atoms with Crippen LogP contribution in [0.2, 0.25) is 0 Å². The van der Waals surface area contributed by atoms with Crippen molar-refractivity contribution in [3.05, 3.63) is 52.6 Å². The number of H-pyrrole nitrogens is 1. The average Bonchev–Trinajstić information content (AvgIpc) is 3.02. The number of carbonyl (C=O) groups is 1. The fourth-order valence-electron chi connectivity index (χ4n) is 3.87. The lowest BCUT2D eigenvalue weighted by molar-refractivity contribution is 0.169. The van der Waals surface area contributed by atoms with Crippen molar-refractivity contribution in [3.63, 3.8) is 0 Å². The molecule has 2 amide bonds. The Balaban J connectivity index is 1.45. The summed E-state index contributed by atoms with van der Waals surface area (Å²) < 4.78 is 13.4. The van der Waals surface area contributed by atoms with Crippen LogP contribution in [0.1, 0.15) is 41.8 Å². The highest BCUT2D eigenvalue weighted by atomic mass is 19.1. The first-order chi connectivity index (χ1) is 11.6. The number of benzene rings is 1. The minimum Gasteiger partial charge on any atom is -0.335 e. The summed E-state index contributed by atoms with van der Waals surface area (Å²) in [5.41, 5.74) is 4.42. The van der Waals surface area contributed by atoms with E-state index in [0.717, 1.165) is 36.1 Å². The summed E-state index contributed by atoms with van der Waals surface area (Å²) in [4.78, 5) is 14.6. The van der Waals surface area contributed by atoms with Crippen molar-refractivity contribution < 1.29 is 9.18 Å². The molecule has 0 bridgehead atoms. The summed E-state index contributed by atoms with van der Waals surface area (Å²) in [6.07, 6.45) is 5.23. The number of halogens is 1. The van der Waals surface area contributed by atoms with Gasteiger partial charge in [0, 0.05) is 24.7 Å². The fraction of sp³-hybridized carbons (Fsp3) is 0.444. The van der Waals surface area contributed by atoms with Gasteiger partial charge in [-0.05, 0) is 55.0 Å².